The maximum atomic E-state index is 11.9. The Bertz CT molecular complexity index is 712. The molecule has 0 saturated heterocycles. The zero-order chi connectivity index (χ0) is 18.1. The van der Waals surface area contributed by atoms with Gasteiger partial charge in [0.2, 0.25) is 11.8 Å². The van der Waals surface area contributed by atoms with Gasteiger partial charge < -0.3 is 16.0 Å². The molecule has 2 aromatic rings. The van der Waals surface area contributed by atoms with E-state index < -0.39 is 0 Å². The summed E-state index contributed by atoms with van der Waals surface area (Å²) in [6.07, 6.45) is 1.21. The first-order valence-corrected chi connectivity index (χ1v) is 8.87. The van der Waals surface area contributed by atoms with Gasteiger partial charge >= 0.3 is 0 Å². The normalized spacial score (nSPS) is 10.1. The Morgan fingerprint density at radius 3 is 2.44 bits per heavy atom. The zero-order valence-corrected chi connectivity index (χ0v) is 14.8. The molecule has 0 saturated carbocycles. The second-order valence-corrected chi connectivity index (χ2v) is 6.38. The van der Waals surface area contributed by atoms with Crippen LogP contribution in [-0.4, -0.2) is 31.3 Å². The summed E-state index contributed by atoms with van der Waals surface area (Å²) >= 11 is 1.39. The van der Waals surface area contributed by atoms with Crippen LogP contribution in [0.15, 0.2) is 41.8 Å². The zero-order valence-electron chi connectivity index (χ0n) is 14.0. The highest BCUT2D eigenvalue weighted by atomic mass is 32.1. The van der Waals surface area contributed by atoms with Crippen molar-refractivity contribution >= 4 is 34.7 Å². The Balaban J connectivity index is 1.68. The van der Waals surface area contributed by atoms with Crippen molar-refractivity contribution in [2.24, 2.45) is 0 Å². The number of hydrogen-bond acceptors (Lipinski definition) is 4. The Morgan fingerprint density at radius 1 is 1.04 bits per heavy atom. The molecule has 7 heteroatoms. The second-order valence-electron chi connectivity index (χ2n) is 5.43. The van der Waals surface area contributed by atoms with Crippen molar-refractivity contribution < 1.29 is 14.4 Å². The SMILES string of the molecule is CNC(=O)Cc1ccc(NC(=O)CCCNC(=O)c2cccs2)cc1. The van der Waals surface area contributed by atoms with Crippen molar-refractivity contribution in [2.45, 2.75) is 19.3 Å². The van der Waals surface area contributed by atoms with E-state index in [1.165, 1.54) is 11.3 Å². The number of anilines is 1. The summed E-state index contributed by atoms with van der Waals surface area (Å²) in [5.74, 6) is -0.270. The van der Waals surface area contributed by atoms with Crippen molar-refractivity contribution in [1.82, 2.24) is 10.6 Å². The highest BCUT2D eigenvalue weighted by Gasteiger charge is 2.07. The lowest BCUT2D eigenvalue weighted by Gasteiger charge is -2.07. The van der Waals surface area contributed by atoms with Crippen LogP contribution in [0.2, 0.25) is 0 Å². The molecule has 1 heterocycles. The van der Waals surface area contributed by atoms with Crippen LogP contribution >= 0.6 is 11.3 Å². The minimum atomic E-state index is -0.109. The fourth-order valence-electron chi connectivity index (χ4n) is 2.15. The molecule has 0 aliphatic rings. The molecule has 0 bridgehead atoms. The van der Waals surface area contributed by atoms with Gasteiger partial charge in [0.1, 0.15) is 0 Å². The van der Waals surface area contributed by atoms with Crippen molar-refractivity contribution in [3.8, 4) is 0 Å². The van der Waals surface area contributed by atoms with Crippen molar-refractivity contribution in [3.63, 3.8) is 0 Å². The number of carbonyl (C=O) groups is 3. The lowest BCUT2D eigenvalue weighted by atomic mass is 10.1. The van der Waals surface area contributed by atoms with E-state index in [4.69, 9.17) is 0 Å². The fraction of sp³-hybridized carbons (Fsp3) is 0.278. The number of amides is 3. The number of nitrogens with one attached hydrogen (secondary N) is 3. The van der Waals surface area contributed by atoms with Gasteiger partial charge in [-0.2, -0.15) is 0 Å². The van der Waals surface area contributed by atoms with E-state index in [0.717, 1.165) is 5.56 Å². The maximum absolute atomic E-state index is 11.9. The highest BCUT2D eigenvalue weighted by Crippen LogP contribution is 2.11. The van der Waals surface area contributed by atoms with Crippen LogP contribution in [0, 0.1) is 0 Å². The van der Waals surface area contributed by atoms with E-state index >= 15 is 0 Å². The molecule has 3 amide bonds. The van der Waals surface area contributed by atoms with E-state index in [1.807, 2.05) is 23.6 Å². The van der Waals surface area contributed by atoms with Gasteiger partial charge in [-0.1, -0.05) is 18.2 Å². The number of likely N-dealkylation sites (N-methyl/N-ethyl adjacent to an activating group) is 1. The molecule has 0 aliphatic carbocycles. The van der Waals surface area contributed by atoms with Crippen LogP contribution < -0.4 is 16.0 Å². The largest absolute Gasteiger partial charge is 0.359 e. The van der Waals surface area contributed by atoms with E-state index in [1.54, 1.807) is 25.2 Å². The number of hydrogen-bond donors (Lipinski definition) is 3. The summed E-state index contributed by atoms with van der Waals surface area (Å²) in [5.41, 5.74) is 1.57. The lowest BCUT2D eigenvalue weighted by molar-refractivity contribution is -0.120. The molecule has 0 atom stereocenters. The predicted octanol–water partition coefficient (Wildman–Crippen LogP) is 2.19. The fourth-order valence-corrected chi connectivity index (χ4v) is 2.79. The molecule has 6 nitrogen and oxygen atoms in total. The summed E-state index contributed by atoms with van der Waals surface area (Å²) in [6, 6.07) is 10.8. The average molecular weight is 359 g/mol. The Hall–Kier alpha value is -2.67. The molecular weight excluding hydrogens is 338 g/mol. The molecule has 0 spiro atoms. The van der Waals surface area contributed by atoms with E-state index in [-0.39, 0.29) is 17.7 Å². The molecule has 3 N–H and O–H groups in total. The van der Waals surface area contributed by atoms with Crippen LogP contribution in [-0.2, 0) is 16.0 Å². The summed E-state index contributed by atoms with van der Waals surface area (Å²) in [4.78, 5) is 35.6. The molecule has 0 radical (unpaired) electrons. The quantitative estimate of drug-likeness (QED) is 0.632. The van der Waals surface area contributed by atoms with Crippen LogP contribution in [0.4, 0.5) is 5.69 Å². The van der Waals surface area contributed by atoms with E-state index in [9.17, 15) is 14.4 Å². The Kier molecular flexibility index (Phi) is 7.16. The first kappa shape index (κ1) is 18.7. The number of carbonyl (C=O) groups excluding carboxylic acids is 3. The second kappa shape index (κ2) is 9.58. The van der Waals surface area contributed by atoms with Crippen LogP contribution in [0.3, 0.4) is 0 Å². The molecule has 0 aliphatic heterocycles. The molecule has 0 unspecified atom stereocenters. The van der Waals surface area contributed by atoms with Gasteiger partial charge in [-0.25, -0.2) is 0 Å². The van der Waals surface area contributed by atoms with Crippen LogP contribution in [0.1, 0.15) is 28.1 Å². The smallest absolute Gasteiger partial charge is 0.261 e. The number of benzene rings is 1. The number of thiophene rings is 1. The Morgan fingerprint density at radius 2 is 1.80 bits per heavy atom. The van der Waals surface area contributed by atoms with Crippen LogP contribution in [0.25, 0.3) is 0 Å². The molecular formula is C18H21N3O3S. The van der Waals surface area contributed by atoms with Gasteiger partial charge in [0, 0.05) is 25.7 Å². The molecule has 25 heavy (non-hydrogen) atoms. The monoisotopic (exact) mass is 359 g/mol. The standard InChI is InChI=1S/C18H21N3O3S/c1-19-17(23)12-13-6-8-14(9-7-13)21-16(22)5-2-10-20-18(24)15-4-3-11-25-15/h3-4,6-9,11H,2,5,10,12H2,1H3,(H,19,23)(H,20,24)(H,21,22). The third-order valence-electron chi connectivity index (χ3n) is 3.49. The van der Waals surface area contributed by atoms with Gasteiger partial charge in [-0.15, -0.1) is 11.3 Å². The van der Waals surface area contributed by atoms with Crippen molar-refractivity contribution in [2.75, 3.05) is 18.9 Å². The third-order valence-corrected chi connectivity index (χ3v) is 4.36. The first-order valence-electron chi connectivity index (χ1n) is 7.99. The topological polar surface area (TPSA) is 87.3 Å². The van der Waals surface area contributed by atoms with Gasteiger partial charge in [0.15, 0.2) is 0 Å². The predicted molar refractivity (Wildman–Crippen MR) is 98.7 cm³/mol. The summed E-state index contributed by atoms with van der Waals surface area (Å²) < 4.78 is 0. The molecule has 132 valence electrons. The van der Waals surface area contributed by atoms with Crippen molar-refractivity contribution in [3.05, 3.63) is 52.2 Å². The summed E-state index contributed by atoms with van der Waals surface area (Å²) in [5, 5.41) is 10.0. The molecule has 2 rings (SSSR count). The molecule has 1 aromatic heterocycles. The molecule has 0 fully saturated rings. The van der Waals surface area contributed by atoms with Gasteiger partial charge in [-0.05, 0) is 35.6 Å². The summed E-state index contributed by atoms with van der Waals surface area (Å²) in [6.45, 7) is 0.454. The van der Waals surface area contributed by atoms with Gasteiger partial charge in [0.25, 0.3) is 5.91 Å². The van der Waals surface area contributed by atoms with Crippen molar-refractivity contribution in [1.29, 1.82) is 0 Å². The summed E-state index contributed by atoms with van der Waals surface area (Å²) in [7, 11) is 1.60. The molecule has 1 aromatic carbocycles. The number of rotatable bonds is 8. The van der Waals surface area contributed by atoms with E-state index in [0.29, 0.717) is 36.4 Å². The maximum Gasteiger partial charge on any atom is 0.261 e. The minimum absolute atomic E-state index is 0.0543. The van der Waals surface area contributed by atoms with Gasteiger partial charge in [-0.3, -0.25) is 14.4 Å². The average Bonchev–Trinajstić information content (AvgIpc) is 3.15. The third kappa shape index (κ3) is 6.39. The van der Waals surface area contributed by atoms with E-state index in [2.05, 4.69) is 16.0 Å². The Labute approximate surface area is 150 Å². The van der Waals surface area contributed by atoms with Crippen LogP contribution in [0.5, 0.6) is 0 Å². The van der Waals surface area contributed by atoms with Gasteiger partial charge in [0.05, 0.1) is 11.3 Å². The minimum Gasteiger partial charge on any atom is -0.359 e. The lowest BCUT2D eigenvalue weighted by Crippen LogP contribution is -2.24. The first-order chi connectivity index (χ1) is 12.1. The highest BCUT2D eigenvalue weighted by molar-refractivity contribution is 7.12.